The minimum atomic E-state index is -0.888. The molecule has 1 unspecified atom stereocenters. The lowest BCUT2D eigenvalue weighted by atomic mass is 10.00. The van der Waals surface area contributed by atoms with Crippen LogP contribution in [0.15, 0.2) is 22.7 Å². The van der Waals surface area contributed by atoms with Crippen molar-refractivity contribution < 1.29 is 14.6 Å². The molecule has 4 nitrogen and oxygen atoms in total. The predicted molar refractivity (Wildman–Crippen MR) is 67.2 cm³/mol. The van der Waals surface area contributed by atoms with E-state index in [2.05, 4.69) is 15.9 Å². The van der Waals surface area contributed by atoms with Crippen molar-refractivity contribution in [3.05, 3.63) is 33.8 Å². The highest BCUT2D eigenvalue weighted by Crippen LogP contribution is 2.28. The number of halogens is 1. The van der Waals surface area contributed by atoms with Gasteiger partial charge in [-0.15, -0.1) is 0 Å². The summed E-state index contributed by atoms with van der Waals surface area (Å²) in [5.41, 5.74) is 2.08. The number of nitrogens with zero attached hydrogens (tertiary/aromatic N) is 1. The van der Waals surface area contributed by atoms with E-state index >= 15 is 0 Å². The summed E-state index contributed by atoms with van der Waals surface area (Å²) in [6.07, 6.45) is -0.888. The largest absolute Gasteiger partial charge is 0.465 e. The normalized spacial score (nSPS) is 20.4. The molecule has 1 heterocycles. The van der Waals surface area contributed by atoms with Gasteiger partial charge in [0.15, 0.2) is 0 Å². The SMILES string of the molecule is Cc1cc(Br)ccc1C1COCCN1C(=O)O. The second kappa shape index (κ2) is 5.06. The van der Waals surface area contributed by atoms with Gasteiger partial charge in [-0.1, -0.05) is 22.0 Å². The van der Waals surface area contributed by atoms with E-state index in [1.807, 2.05) is 25.1 Å². The number of amides is 1. The molecule has 1 aromatic rings. The third kappa shape index (κ3) is 2.61. The van der Waals surface area contributed by atoms with Crippen LogP contribution in [-0.4, -0.2) is 35.9 Å². The highest BCUT2D eigenvalue weighted by molar-refractivity contribution is 9.10. The Morgan fingerprint density at radius 3 is 3.00 bits per heavy atom. The van der Waals surface area contributed by atoms with E-state index in [1.54, 1.807) is 0 Å². The van der Waals surface area contributed by atoms with Crippen molar-refractivity contribution in [3.63, 3.8) is 0 Å². The molecule has 0 spiro atoms. The Morgan fingerprint density at radius 1 is 1.59 bits per heavy atom. The van der Waals surface area contributed by atoms with Gasteiger partial charge >= 0.3 is 6.09 Å². The molecule has 1 aromatic carbocycles. The average molecular weight is 300 g/mol. The van der Waals surface area contributed by atoms with E-state index in [9.17, 15) is 9.90 Å². The summed E-state index contributed by atoms with van der Waals surface area (Å²) in [5.74, 6) is 0. The topological polar surface area (TPSA) is 49.8 Å². The van der Waals surface area contributed by atoms with Crippen LogP contribution in [0, 0.1) is 6.92 Å². The van der Waals surface area contributed by atoms with Crippen molar-refractivity contribution in [2.45, 2.75) is 13.0 Å². The number of carbonyl (C=O) groups is 1. The minimum absolute atomic E-state index is 0.200. The van der Waals surface area contributed by atoms with E-state index in [0.717, 1.165) is 15.6 Å². The summed E-state index contributed by atoms with van der Waals surface area (Å²) in [6, 6.07) is 5.67. The summed E-state index contributed by atoms with van der Waals surface area (Å²) in [4.78, 5) is 12.6. The molecule has 1 aliphatic rings. The molecule has 1 saturated heterocycles. The molecule has 0 radical (unpaired) electrons. The third-order valence-corrected chi connectivity index (χ3v) is 3.46. The fourth-order valence-corrected chi connectivity index (χ4v) is 2.58. The summed E-state index contributed by atoms with van der Waals surface area (Å²) in [5, 5.41) is 9.18. The van der Waals surface area contributed by atoms with Crippen molar-refractivity contribution in [1.82, 2.24) is 4.90 Å². The van der Waals surface area contributed by atoms with Crippen molar-refractivity contribution in [1.29, 1.82) is 0 Å². The minimum Gasteiger partial charge on any atom is -0.465 e. The zero-order chi connectivity index (χ0) is 12.4. The van der Waals surface area contributed by atoms with Crippen LogP contribution in [0.25, 0.3) is 0 Å². The number of carboxylic acid groups (broad SMARTS) is 1. The maximum atomic E-state index is 11.2. The van der Waals surface area contributed by atoms with Gasteiger partial charge in [-0.05, 0) is 30.2 Å². The lowest BCUT2D eigenvalue weighted by Crippen LogP contribution is -2.42. The summed E-state index contributed by atoms with van der Waals surface area (Å²) >= 11 is 3.40. The van der Waals surface area contributed by atoms with E-state index in [4.69, 9.17) is 4.74 Å². The molecule has 92 valence electrons. The van der Waals surface area contributed by atoms with E-state index in [-0.39, 0.29) is 6.04 Å². The lowest BCUT2D eigenvalue weighted by Gasteiger charge is -2.34. The Bertz CT molecular complexity index is 436. The zero-order valence-corrected chi connectivity index (χ0v) is 11.1. The standard InChI is InChI=1S/C12H14BrNO3/c1-8-6-9(13)2-3-10(8)11-7-17-5-4-14(11)12(15)16/h2-3,6,11H,4-5,7H2,1H3,(H,15,16). The van der Waals surface area contributed by atoms with Crippen LogP contribution in [0.5, 0.6) is 0 Å². The number of benzene rings is 1. The second-order valence-electron chi connectivity index (χ2n) is 4.07. The molecule has 17 heavy (non-hydrogen) atoms. The van der Waals surface area contributed by atoms with Gasteiger partial charge in [-0.25, -0.2) is 4.79 Å². The Labute approximate surface area is 108 Å². The Kier molecular flexibility index (Phi) is 3.69. The molecule has 0 aliphatic carbocycles. The van der Waals surface area contributed by atoms with Crippen molar-refractivity contribution in [3.8, 4) is 0 Å². The first-order valence-electron chi connectivity index (χ1n) is 5.43. The lowest BCUT2D eigenvalue weighted by molar-refractivity contribution is -0.00109. The van der Waals surface area contributed by atoms with Crippen molar-refractivity contribution >= 4 is 22.0 Å². The number of hydrogen-bond acceptors (Lipinski definition) is 2. The monoisotopic (exact) mass is 299 g/mol. The number of ether oxygens (including phenoxy) is 1. The quantitative estimate of drug-likeness (QED) is 0.867. The number of hydrogen-bond donors (Lipinski definition) is 1. The van der Waals surface area contributed by atoms with Gasteiger partial charge < -0.3 is 9.84 Å². The highest BCUT2D eigenvalue weighted by atomic mass is 79.9. The van der Waals surface area contributed by atoms with Gasteiger partial charge in [-0.3, -0.25) is 4.90 Å². The molecule has 0 bridgehead atoms. The van der Waals surface area contributed by atoms with Gasteiger partial charge in [0.05, 0.1) is 19.3 Å². The van der Waals surface area contributed by atoms with E-state index in [1.165, 1.54) is 4.90 Å². The predicted octanol–water partition coefficient (Wildman–Crippen LogP) is 2.81. The maximum absolute atomic E-state index is 11.2. The summed E-state index contributed by atoms with van der Waals surface area (Å²) < 4.78 is 6.38. The highest BCUT2D eigenvalue weighted by Gasteiger charge is 2.29. The summed E-state index contributed by atoms with van der Waals surface area (Å²) in [7, 11) is 0. The van der Waals surface area contributed by atoms with Gasteiger partial charge in [0.25, 0.3) is 0 Å². The van der Waals surface area contributed by atoms with Gasteiger partial charge in [-0.2, -0.15) is 0 Å². The average Bonchev–Trinajstić information content (AvgIpc) is 2.29. The first-order valence-corrected chi connectivity index (χ1v) is 6.22. The van der Waals surface area contributed by atoms with Crippen LogP contribution in [0.1, 0.15) is 17.2 Å². The van der Waals surface area contributed by atoms with Crippen LogP contribution >= 0.6 is 15.9 Å². The third-order valence-electron chi connectivity index (χ3n) is 2.97. The molecule has 2 rings (SSSR count). The Hall–Kier alpha value is -1.07. The van der Waals surface area contributed by atoms with Crippen LogP contribution in [0.2, 0.25) is 0 Å². The van der Waals surface area contributed by atoms with Crippen LogP contribution in [0.3, 0.4) is 0 Å². The van der Waals surface area contributed by atoms with Gasteiger partial charge in [0.1, 0.15) is 0 Å². The molecule has 1 atom stereocenters. The summed E-state index contributed by atoms with van der Waals surface area (Å²) in [6.45, 7) is 3.30. The molecule has 1 amide bonds. The van der Waals surface area contributed by atoms with Crippen molar-refractivity contribution in [2.75, 3.05) is 19.8 Å². The maximum Gasteiger partial charge on any atom is 0.407 e. The molecule has 1 N–H and O–H groups in total. The van der Waals surface area contributed by atoms with Crippen LogP contribution in [0.4, 0.5) is 4.79 Å². The van der Waals surface area contributed by atoms with E-state index in [0.29, 0.717) is 19.8 Å². The molecule has 0 aromatic heterocycles. The number of morpholine rings is 1. The first-order chi connectivity index (χ1) is 8.09. The molecule has 0 saturated carbocycles. The van der Waals surface area contributed by atoms with Crippen LogP contribution < -0.4 is 0 Å². The molecular formula is C12H14BrNO3. The number of rotatable bonds is 1. The van der Waals surface area contributed by atoms with E-state index < -0.39 is 6.09 Å². The fourth-order valence-electron chi connectivity index (χ4n) is 2.10. The van der Waals surface area contributed by atoms with Crippen LogP contribution in [-0.2, 0) is 4.74 Å². The molecule has 5 heteroatoms. The second-order valence-corrected chi connectivity index (χ2v) is 4.98. The van der Waals surface area contributed by atoms with Gasteiger partial charge in [0.2, 0.25) is 0 Å². The molecule has 1 fully saturated rings. The number of aryl methyl sites for hydroxylation is 1. The smallest absolute Gasteiger partial charge is 0.407 e. The Balaban J connectivity index is 2.32. The van der Waals surface area contributed by atoms with Gasteiger partial charge in [0, 0.05) is 11.0 Å². The fraction of sp³-hybridized carbons (Fsp3) is 0.417. The first kappa shape index (κ1) is 12.4. The Morgan fingerprint density at radius 2 is 2.35 bits per heavy atom. The molecular weight excluding hydrogens is 286 g/mol. The molecule has 1 aliphatic heterocycles. The zero-order valence-electron chi connectivity index (χ0n) is 9.52. The van der Waals surface area contributed by atoms with Crippen molar-refractivity contribution in [2.24, 2.45) is 0 Å².